The van der Waals surface area contributed by atoms with Gasteiger partial charge in [-0.1, -0.05) is 171 Å². The molecule has 12 rings (SSSR count). The van der Waals surface area contributed by atoms with Crippen molar-refractivity contribution in [1.29, 1.82) is 0 Å². The first-order valence-electron chi connectivity index (χ1n) is 22.8. The number of hydrogen-bond donors (Lipinski definition) is 1. The summed E-state index contributed by atoms with van der Waals surface area (Å²) in [5.74, 6) is 1.89. The average Bonchev–Trinajstić information content (AvgIpc) is 3.97. The number of ether oxygens (including phenoxy) is 1. The van der Waals surface area contributed by atoms with E-state index in [2.05, 4.69) is 212 Å². The minimum Gasteiger partial charge on any atom is -0.474 e. The lowest BCUT2D eigenvalue weighted by Crippen LogP contribution is -2.34. The molecule has 5 aromatic rings. The summed E-state index contributed by atoms with van der Waals surface area (Å²) in [4.78, 5) is 2.52. The fourth-order valence-electron chi connectivity index (χ4n) is 12.0. The SMILES string of the molecule is CC1(C)c2cc(N(c3ccc4c(c3)-c3ccccc3C4(C3=CCC4NC(C5=CCCC=C5)OC4=C3)C3=CC=CCC3)c3ccccc3-c3ccccc3)ccc2C2C=CC=CC21. The molecule has 0 radical (unpaired) electrons. The van der Waals surface area contributed by atoms with E-state index in [9.17, 15) is 0 Å². The predicted octanol–water partition coefficient (Wildman–Crippen LogP) is 14.3. The molecule has 1 fully saturated rings. The van der Waals surface area contributed by atoms with Crippen LogP contribution in [0.2, 0.25) is 0 Å². The van der Waals surface area contributed by atoms with Crippen LogP contribution in [-0.4, -0.2) is 12.3 Å². The van der Waals surface area contributed by atoms with Crippen molar-refractivity contribution in [3.8, 4) is 22.3 Å². The molecule has 1 aliphatic heterocycles. The van der Waals surface area contributed by atoms with Crippen LogP contribution < -0.4 is 10.2 Å². The Balaban J connectivity index is 1.04. The Morgan fingerprint density at radius 1 is 0.677 bits per heavy atom. The number of benzene rings is 5. The van der Waals surface area contributed by atoms with Gasteiger partial charge in [0.25, 0.3) is 0 Å². The molecule has 62 heavy (non-hydrogen) atoms. The van der Waals surface area contributed by atoms with Crippen molar-refractivity contribution in [2.75, 3.05) is 4.90 Å². The van der Waals surface area contributed by atoms with Crippen LogP contribution in [-0.2, 0) is 15.6 Å². The van der Waals surface area contributed by atoms with E-state index < -0.39 is 5.41 Å². The molecule has 5 atom stereocenters. The topological polar surface area (TPSA) is 24.5 Å². The van der Waals surface area contributed by atoms with E-state index in [4.69, 9.17) is 4.74 Å². The summed E-state index contributed by atoms with van der Waals surface area (Å²) in [6.45, 7) is 4.86. The first kappa shape index (κ1) is 37.4. The Labute approximate surface area is 366 Å². The van der Waals surface area contributed by atoms with Crippen molar-refractivity contribution in [2.24, 2.45) is 5.92 Å². The summed E-state index contributed by atoms with van der Waals surface area (Å²) in [7, 11) is 0. The van der Waals surface area contributed by atoms with Gasteiger partial charge in [0.15, 0.2) is 6.23 Å². The maximum absolute atomic E-state index is 6.82. The monoisotopic (exact) mass is 804 g/mol. The van der Waals surface area contributed by atoms with Crippen LogP contribution in [0.4, 0.5) is 17.1 Å². The van der Waals surface area contributed by atoms with E-state index in [1.165, 1.54) is 72.6 Å². The van der Waals surface area contributed by atoms with E-state index in [-0.39, 0.29) is 17.7 Å². The van der Waals surface area contributed by atoms with Crippen LogP contribution in [0.3, 0.4) is 0 Å². The first-order chi connectivity index (χ1) is 30.5. The summed E-state index contributed by atoms with van der Waals surface area (Å²) in [5.41, 5.74) is 17.6. The number of anilines is 3. The van der Waals surface area contributed by atoms with E-state index >= 15 is 0 Å². The smallest absolute Gasteiger partial charge is 0.176 e. The summed E-state index contributed by atoms with van der Waals surface area (Å²) in [6, 6.07) is 43.8. The zero-order valence-electron chi connectivity index (χ0n) is 35.6. The highest BCUT2D eigenvalue weighted by molar-refractivity contribution is 5.93. The van der Waals surface area contributed by atoms with Crippen LogP contribution in [0.1, 0.15) is 74.1 Å². The minimum absolute atomic E-state index is 0.00954. The molecular formula is C59H52N2O. The lowest BCUT2D eigenvalue weighted by Gasteiger charge is -2.39. The zero-order valence-corrected chi connectivity index (χ0v) is 35.6. The van der Waals surface area contributed by atoms with Gasteiger partial charge in [-0.3, -0.25) is 5.32 Å². The summed E-state index contributed by atoms with van der Waals surface area (Å²) in [5, 5.41) is 3.81. The molecule has 304 valence electrons. The van der Waals surface area contributed by atoms with Gasteiger partial charge in [-0.2, -0.15) is 0 Å². The van der Waals surface area contributed by atoms with Crippen LogP contribution >= 0.6 is 0 Å². The van der Waals surface area contributed by atoms with Gasteiger partial charge >= 0.3 is 0 Å². The summed E-state index contributed by atoms with van der Waals surface area (Å²) in [6.07, 6.45) is 33.0. The molecule has 0 amide bonds. The van der Waals surface area contributed by atoms with E-state index in [1.54, 1.807) is 0 Å². The van der Waals surface area contributed by atoms with Crippen molar-refractivity contribution < 1.29 is 4.74 Å². The largest absolute Gasteiger partial charge is 0.474 e. The Morgan fingerprint density at radius 2 is 1.47 bits per heavy atom. The molecule has 0 aromatic heterocycles. The highest BCUT2D eigenvalue weighted by atomic mass is 16.5. The van der Waals surface area contributed by atoms with Gasteiger partial charge in [0.1, 0.15) is 5.76 Å². The first-order valence-corrected chi connectivity index (χ1v) is 22.8. The third-order valence-corrected chi connectivity index (χ3v) is 14.9. The molecule has 0 saturated carbocycles. The van der Waals surface area contributed by atoms with E-state index in [0.29, 0.717) is 11.8 Å². The predicted molar refractivity (Wildman–Crippen MR) is 256 cm³/mol. The van der Waals surface area contributed by atoms with Gasteiger partial charge in [0.2, 0.25) is 0 Å². The van der Waals surface area contributed by atoms with Crippen LogP contribution in [0.5, 0.6) is 0 Å². The molecule has 5 aromatic carbocycles. The second kappa shape index (κ2) is 14.6. The van der Waals surface area contributed by atoms with Crippen molar-refractivity contribution in [3.05, 3.63) is 233 Å². The number of nitrogens with one attached hydrogen (secondary N) is 1. The van der Waals surface area contributed by atoms with Crippen molar-refractivity contribution in [3.63, 3.8) is 0 Å². The van der Waals surface area contributed by atoms with Gasteiger partial charge in [-0.25, -0.2) is 0 Å². The highest BCUT2D eigenvalue weighted by Crippen LogP contribution is 2.61. The number of nitrogens with zero attached hydrogens (tertiary/aromatic N) is 1. The summed E-state index contributed by atoms with van der Waals surface area (Å²) < 4.78 is 6.82. The standard InChI is InChI=1S/C59H52N2O/c1-58(2)50-27-15-12-25-46(50)48-33-31-44(38-53(48)58)61(55-29-17-14-24-45(55)39-18-6-3-7-19-39)43-32-34-52-49(37-43)47-26-13-16-28-51(47)59(52,41-22-10-5-11-23-41)42-30-35-54-56(36-42)62-57(60-54)40-20-8-4-9-21-40/h3,5-8,10,12-22,24-34,36-38,46,50,54,57,60H,4,9,11,23,35H2,1-2H3. The molecule has 5 unspecified atom stereocenters. The van der Waals surface area contributed by atoms with Gasteiger partial charge in [0, 0.05) is 28.4 Å². The average molecular weight is 805 g/mol. The number of para-hydroxylation sites is 1. The third kappa shape index (κ3) is 5.67. The normalized spacial score (nSPS) is 25.6. The van der Waals surface area contributed by atoms with Gasteiger partial charge in [-0.05, 0) is 124 Å². The van der Waals surface area contributed by atoms with Crippen LogP contribution in [0.15, 0.2) is 211 Å². The van der Waals surface area contributed by atoms with Crippen molar-refractivity contribution >= 4 is 17.1 Å². The number of hydrogen-bond acceptors (Lipinski definition) is 3. The van der Waals surface area contributed by atoms with Gasteiger partial charge in [0.05, 0.1) is 17.1 Å². The van der Waals surface area contributed by atoms with Crippen LogP contribution in [0, 0.1) is 5.92 Å². The maximum Gasteiger partial charge on any atom is 0.176 e. The fraction of sp³-hybridized carbons (Fsp3) is 0.220. The van der Waals surface area contributed by atoms with Crippen LogP contribution in [0.25, 0.3) is 22.3 Å². The molecule has 3 heteroatoms. The molecule has 6 aliphatic carbocycles. The Bertz CT molecular complexity index is 2900. The second-order valence-corrected chi connectivity index (χ2v) is 18.6. The molecule has 0 bridgehead atoms. The second-order valence-electron chi connectivity index (χ2n) is 18.6. The summed E-state index contributed by atoms with van der Waals surface area (Å²) >= 11 is 0. The molecular weight excluding hydrogens is 753 g/mol. The Kier molecular flexibility index (Phi) is 8.80. The van der Waals surface area contributed by atoms with E-state index in [1.807, 2.05) is 0 Å². The quantitative estimate of drug-likeness (QED) is 0.177. The van der Waals surface area contributed by atoms with Crippen molar-refractivity contribution in [1.82, 2.24) is 5.32 Å². The lowest BCUT2D eigenvalue weighted by molar-refractivity contribution is 0.180. The third-order valence-electron chi connectivity index (χ3n) is 14.9. The molecule has 3 nitrogen and oxygen atoms in total. The maximum atomic E-state index is 6.82. The number of fused-ring (bicyclic) bond motifs is 7. The number of allylic oxidation sites excluding steroid dienone is 12. The molecule has 0 spiro atoms. The molecule has 1 N–H and O–H groups in total. The molecule has 7 aliphatic rings. The Hall–Kier alpha value is -6.42. The molecule has 1 heterocycles. The number of rotatable bonds is 7. The minimum atomic E-state index is -0.444. The Morgan fingerprint density at radius 3 is 2.32 bits per heavy atom. The van der Waals surface area contributed by atoms with E-state index in [0.717, 1.165) is 43.6 Å². The lowest BCUT2D eigenvalue weighted by atomic mass is 9.64. The van der Waals surface area contributed by atoms with Gasteiger partial charge < -0.3 is 9.64 Å². The van der Waals surface area contributed by atoms with Gasteiger partial charge in [-0.15, -0.1) is 0 Å². The highest BCUT2D eigenvalue weighted by Gasteiger charge is 2.50. The zero-order chi connectivity index (χ0) is 41.4. The van der Waals surface area contributed by atoms with Crippen molar-refractivity contribution in [2.45, 2.75) is 75.0 Å². The molecule has 1 saturated heterocycles. The fourth-order valence-corrected chi connectivity index (χ4v) is 12.0.